The summed E-state index contributed by atoms with van der Waals surface area (Å²) in [5.41, 5.74) is -0.887. The summed E-state index contributed by atoms with van der Waals surface area (Å²) in [4.78, 5) is 24.8. The molecule has 8 heteroatoms. The molecule has 1 aromatic rings. The summed E-state index contributed by atoms with van der Waals surface area (Å²) in [6.07, 6.45) is 3.59. The third-order valence-electron chi connectivity index (χ3n) is 4.28. The molecule has 0 aliphatic heterocycles. The summed E-state index contributed by atoms with van der Waals surface area (Å²) in [7, 11) is 2.57. The van der Waals surface area contributed by atoms with Gasteiger partial charge in [0.15, 0.2) is 11.5 Å². The molecule has 1 fully saturated rings. The van der Waals surface area contributed by atoms with E-state index < -0.39 is 24.0 Å². The van der Waals surface area contributed by atoms with Gasteiger partial charge >= 0.3 is 12.6 Å². The second kappa shape index (κ2) is 8.13. The van der Waals surface area contributed by atoms with Crippen molar-refractivity contribution in [3.63, 3.8) is 0 Å². The van der Waals surface area contributed by atoms with E-state index in [0.717, 1.165) is 19.3 Å². The van der Waals surface area contributed by atoms with Gasteiger partial charge in [-0.15, -0.1) is 0 Å². The zero-order chi connectivity index (χ0) is 18.4. The van der Waals surface area contributed by atoms with Crippen molar-refractivity contribution in [2.24, 2.45) is 0 Å². The lowest BCUT2D eigenvalue weighted by atomic mass is 9.81. The standard InChI is InChI=1S/C17H21F2NO5/c1-23-13-10-11(6-7-12(13)25-16(18)19)14(21)20-17(15(22)24-2)8-4-3-5-9-17/h6-7,10,16H,3-5,8-9H2,1-2H3,(H,20,21). The van der Waals surface area contributed by atoms with Crippen molar-refractivity contribution in [1.82, 2.24) is 5.32 Å². The molecule has 2 rings (SSSR count). The maximum absolute atomic E-state index is 12.6. The van der Waals surface area contributed by atoms with Crippen molar-refractivity contribution in [2.45, 2.75) is 44.3 Å². The molecular formula is C17H21F2NO5. The van der Waals surface area contributed by atoms with Crippen molar-refractivity contribution in [3.05, 3.63) is 23.8 Å². The number of carbonyl (C=O) groups excluding carboxylic acids is 2. The Morgan fingerprint density at radius 3 is 2.36 bits per heavy atom. The van der Waals surface area contributed by atoms with Gasteiger partial charge in [0.1, 0.15) is 5.54 Å². The summed E-state index contributed by atoms with van der Waals surface area (Å²) in [5.74, 6) is -1.16. The van der Waals surface area contributed by atoms with Crippen molar-refractivity contribution in [1.29, 1.82) is 0 Å². The number of hydrogen-bond acceptors (Lipinski definition) is 5. The molecule has 1 aromatic carbocycles. The van der Waals surface area contributed by atoms with Gasteiger partial charge < -0.3 is 19.5 Å². The van der Waals surface area contributed by atoms with E-state index in [-0.39, 0.29) is 17.1 Å². The Morgan fingerprint density at radius 2 is 1.80 bits per heavy atom. The molecule has 1 aliphatic rings. The number of alkyl halides is 2. The number of rotatable bonds is 6. The fraction of sp³-hybridized carbons (Fsp3) is 0.529. The summed E-state index contributed by atoms with van der Waals surface area (Å²) < 4.78 is 38.9. The number of methoxy groups -OCH3 is 2. The summed E-state index contributed by atoms with van der Waals surface area (Å²) >= 11 is 0. The van der Waals surface area contributed by atoms with E-state index in [1.54, 1.807) is 0 Å². The first-order valence-electron chi connectivity index (χ1n) is 7.95. The van der Waals surface area contributed by atoms with Crippen LogP contribution in [0.25, 0.3) is 0 Å². The van der Waals surface area contributed by atoms with E-state index in [2.05, 4.69) is 10.1 Å². The first-order chi connectivity index (χ1) is 11.9. The third kappa shape index (κ3) is 4.37. The zero-order valence-corrected chi connectivity index (χ0v) is 14.1. The Morgan fingerprint density at radius 1 is 1.12 bits per heavy atom. The molecule has 0 unspecified atom stereocenters. The van der Waals surface area contributed by atoms with Gasteiger partial charge in [-0.05, 0) is 31.0 Å². The Balaban J connectivity index is 2.22. The van der Waals surface area contributed by atoms with E-state index in [4.69, 9.17) is 9.47 Å². The molecular weight excluding hydrogens is 336 g/mol. The van der Waals surface area contributed by atoms with E-state index in [1.165, 1.54) is 32.4 Å². The first kappa shape index (κ1) is 19.0. The minimum atomic E-state index is -3.00. The highest BCUT2D eigenvalue weighted by molar-refractivity contribution is 5.98. The second-order valence-electron chi connectivity index (χ2n) is 5.83. The summed E-state index contributed by atoms with van der Waals surface area (Å²) in [5, 5.41) is 2.75. The molecule has 0 spiro atoms. The van der Waals surface area contributed by atoms with Crippen LogP contribution in [0.4, 0.5) is 8.78 Å². The zero-order valence-electron chi connectivity index (χ0n) is 14.1. The summed E-state index contributed by atoms with van der Waals surface area (Å²) in [6, 6.07) is 3.86. The van der Waals surface area contributed by atoms with Gasteiger partial charge in [-0.25, -0.2) is 4.79 Å². The van der Waals surface area contributed by atoms with Crippen molar-refractivity contribution >= 4 is 11.9 Å². The molecule has 1 amide bonds. The van der Waals surface area contributed by atoms with Crippen molar-refractivity contribution in [2.75, 3.05) is 14.2 Å². The average molecular weight is 357 g/mol. The molecule has 25 heavy (non-hydrogen) atoms. The molecule has 0 heterocycles. The van der Waals surface area contributed by atoms with Crippen LogP contribution in [0.5, 0.6) is 11.5 Å². The van der Waals surface area contributed by atoms with Gasteiger partial charge in [0.25, 0.3) is 5.91 Å². The normalized spacial score (nSPS) is 16.2. The highest BCUT2D eigenvalue weighted by Gasteiger charge is 2.42. The highest BCUT2D eigenvalue weighted by Crippen LogP contribution is 2.32. The van der Waals surface area contributed by atoms with Crippen LogP contribution in [-0.2, 0) is 9.53 Å². The lowest BCUT2D eigenvalue weighted by Crippen LogP contribution is -2.56. The van der Waals surface area contributed by atoms with Gasteiger partial charge in [0, 0.05) is 5.56 Å². The van der Waals surface area contributed by atoms with E-state index in [0.29, 0.717) is 12.8 Å². The predicted molar refractivity (Wildman–Crippen MR) is 84.9 cm³/mol. The van der Waals surface area contributed by atoms with Crippen LogP contribution in [0.1, 0.15) is 42.5 Å². The second-order valence-corrected chi connectivity index (χ2v) is 5.83. The van der Waals surface area contributed by atoms with Crippen LogP contribution in [-0.4, -0.2) is 38.2 Å². The van der Waals surface area contributed by atoms with Crippen LogP contribution in [0.15, 0.2) is 18.2 Å². The van der Waals surface area contributed by atoms with Crippen LogP contribution < -0.4 is 14.8 Å². The van der Waals surface area contributed by atoms with Crippen LogP contribution in [0, 0.1) is 0 Å². The Hall–Kier alpha value is -2.38. The molecule has 1 saturated carbocycles. The SMILES string of the molecule is COC(=O)C1(NC(=O)c2ccc(OC(F)F)c(OC)c2)CCCCC1. The molecule has 0 bridgehead atoms. The highest BCUT2D eigenvalue weighted by atomic mass is 19.3. The van der Waals surface area contributed by atoms with Crippen LogP contribution >= 0.6 is 0 Å². The number of esters is 1. The van der Waals surface area contributed by atoms with Gasteiger partial charge in [-0.1, -0.05) is 19.3 Å². The number of halogens is 2. The number of hydrogen-bond donors (Lipinski definition) is 1. The van der Waals surface area contributed by atoms with E-state index in [9.17, 15) is 18.4 Å². The molecule has 0 aromatic heterocycles. The van der Waals surface area contributed by atoms with Crippen LogP contribution in [0.3, 0.4) is 0 Å². The molecule has 0 atom stereocenters. The number of carbonyl (C=O) groups is 2. The predicted octanol–water partition coefficient (Wildman–Crippen LogP) is 2.90. The van der Waals surface area contributed by atoms with E-state index in [1.807, 2.05) is 0 Å². The molecule has 138 valence electrons. The van der Waals surface area contributed by atoms with E-state index >= 15 is 0 Å². The molecule has 0 saturated heterocycles. The lowest BCUT2D eigenvalue weighted by molar-refractivity contribution is -0.149. The van der Waals surface area contributed by atoms with Gasteiger partial charge in [0.2, 0.25) is 0 Å². The van der Waals surface area contributed by atoms with Crippen LogP contribution in [0.2, 0.25) is 0 Å². The topological polar surface area (TPSA) is 73.9 Å². The van der Waals surface area contributed by atoms with Crippen molar-refractivity contribution < 1.29 is 32.6 Å². The minimum absolute atomic E-state index is 0.00344. The Kier molecular flexibility index (Phi) is 6.17. The Bertz CT molecular complexity index is 629. The fourth-order valence-electron chi connectivity index (χ4n) is 3.02. The largest absolute Gasteiger partial charge is 0.493 e. The number of amides is 1. The minimum Gasteiger partial charge on any atom is -0.493 e. The first-order valence-corrected chi connectivity index (χ1v) is 7.95. The van der Waals surface area contributed by atoms with Gasteiger partial charge in [-0.3, -0.25) is 4.79 Å². The lowest BCUT2D eigenvalue weighted by Gasteiger charge is -2.35. The number of nitrogens with one attached hydrogen (secondary N) is 1. The third-order valence-corrected chi connectivity index (χ3v) is 4.28. The maximum atomic E-state index is 12.6. The molecule has 0 radical (unpaired) electrons. The van der Waals surface area contributed by atoms with Gasteiger partial charge in [0.05, 0.1) is 14.2 Å². The Labute approximate surface area is 144 Å². The number of benzene rings is 1. The molecule has 1 aliphatic carbocycles. The quantitative estimate of drug-likeness (QED) is 0.793. The van der Waals surface area contributed by atoms with Gasteiger partial charge in [-0.2, -0.15) is 8.78 Å². The number of ether oxygens (including phenoxy) is 3. The monoisotopic (exact) mass is 357 g/mol. The molecule has 1 N–H and O–H groups in total. The molecule has 6 nitrogen and oxygen atoms in total. The smallest absolute Gasteiger partial charge is 0.387 e. The average Bonchev–Trinajstić information content (AvgIpc) is 2.61. The maximum Gasteiger partial charge on any atom is 0.387 e. The summed E-state index contributed by atoms with van der Waals surface area (Å²) in [6.45, 7) is -3.00. The fourth-order valence-corrected chi connectivity index (χ4v) is 3.02. The van der Waals surface area contributed by atoms with Crippen molar-refractivity contribution in [3.8, 4) is 11.5 Å².